The molecule has 1 aromatic heterocycles. The maximum atomic E-state index is 13.2. The zero-order valence-corrected chi connectivity index (χ0v) is 8.91. The highest BCUT2D eigenvalue weighted by Crippen LogP contribution is 2.32. The summed E-state index contributed by atoms with van der Waals surface area (Å²) < 4.78 is 42.9. The maximum absolute atomic E-state index is 13.2. The van der Waals surface area contributed by atoms with E-state index in [2.05, 4.69) is 9.72 Å². The SMILES string of the molecule is CCOC(=O)Cc1c(F)ncc(O)c1C(F)F. The molecule has 0 aromatic carbocycles. The van der Waals surface area contributed by atoms with Crippen molar-refractivity contribution >= 4 is 5.97 Å². The summed E-state index contributed by atoms with van der Waals surface area (Å²) in [5.41, 5.74) is -1.57. The van der Waals surface area contributed by atoms with Gasteiger partial charge >= 0.3 is 5.97 Å². The Kier molecular flexibility index (Phi) is 4.30. The molecule has 4 nitrogen and oxygen atoms in total. The van der Waals surface area contributed by atoms with Gasteiger partial charge in [0.2, 0.25) is 5.95 Å². The molecule has 1 aromatic rings. The van der Waals surface area contributed by atoms with Gasteiger partial charge in [-0.1, -0.05) is 0 Å². The van der Waals surface area contributed by atoms with Gasteiger partial charge in [-0.05, 0) is 6.92 Å². The van der Waals surface area contributed by atoms with Crippen molar-refractivity contribution in [3.8, 4) is 5.75 Å². The standard InChI is InChI=1S/C10H10F3NO3/c1-2-17-7(16)3-5-8(9(11)12)6(15)4-14-10(5)13/h4,9,15H,2-3H2,1H3. The smallest absolute Gasteiger partial charge is 0.310 e. The monoisotopic (exact) mass is 249 g/mol. The molecule has 1 N–H and O–H groups in total. The molecule has 17 heavy (non-hydrogen) atoms. The molecule has 0 bridgehead atoms. The Bertz CT molecular complexity index is 424. The maximum Gasteiger partial charge on any atom is 0.310 e. The summed E-state index contributed by atoms with van der Waals surface area (Å²) in [4.78, 5) is 14.2. The van der Waals surface area contributed by atoms with Gasteiger partial charge in [-0.3, -0.25) is 4.79 Å². The number of hydrogen-bond acceptors (Lipinski definition) is 4. The van der Waals surface area contributed by atoms with Crippen LogP contribution >= 0.6 is 0 Å². The highest BCUT2D eigenvalue weighted by molar-refractivity contribution is 5.73. The second-order valence-corrected chi connectivity index (χ2v) is 3.11. The van der Waals surface area contributed by atoms with Crippen LogP contribution in [-0.2, 0) is 16.0 Å². The van der Waals surface area contributed by atoms with Crippen molar-refractivity contribution in [3.63, 3.8) is 0 Å². The predicted molar refractivity (Wildman–Crippen MR) is 51.2 cm³/mol. The molecule has 0 aliphatic carbocycles. The van der Waals surface area contributed by atoms with Crippen molar-refractivity contribution in [1.29, 1.82) is 0 Å². The third-order valence-corrected chi connectivity index (χ3v) is 1.99. The van der Waals surface area contributed by atoms with Gasteiger partial charge in [0.15, 0.2) is 0 Å². The van der Waals surface area contributed by atoms with Crippen molar-refractivity contribution < 1.29 is 27.8 Å². The topological polar surface area (TPSA) is 59.4 Å². The average molecular weight is 249 g/mol. The van der Waals surface area contributed by atoms with Gasteiger partial charge in [0.25, 0.3) is 6.43 Å². The van der Waals surface area contributed by atoms with Crippen molar-refractivity contribution in [3.05, 3.63) is 23.3 Å². The van der Waals surface area contributed by atoms with Crippen LogP contribution in [0.15, 0.2) is 6.20 Å². The minimum absolute atomic E-state index is 0.0523. The summed E-state index contributed by atoms with van der Waals surface area (Å²) in [6.07, 6.45) is -3.22. The number of alkyl halides is 2. The minimum Gasteiger partial charge on any atom is -0.506 e. The Hall–Kier alpha value is -1.79. The van der Waals surface area contributed by atoms with E-state index in [4.69, 9.17) is 5.11 Å². The Labute approximate surface area is 95.0 Å². The van der Waals surface area contributed by atoms with Crippen molar-refractivity contribution in [2.75, 3.05) is 6.61 Å². The molecular weight excluding hydrogens is 239 g/mol. The number of carbonyl (C=O) groups excluding carboxylic acids is 1. The second-order valence-electron chi connectivity index (χ2n) is 3.11. The number of carbonyl (C=O) groups is 1. The minimum atomic E-state index is -3.10. The number of halogens is 3. The first kappa shape index (κ1) is 13.3. The van der Waals surface area contributed by atoms with Crippen LogP contribution in [0.2, 0.25) is 0 Å². The normalized spacial score (nSPS) is 10.6. The van der Waals surface area contributed by atoms with E-state index < -0.39 is 41.6 Å². The van der Waals surface area contributed by atoms with Crippen molar-refractivity contribution in [2.24, 2.45) is 0 Å². The molecule has 0 amide bonds. The quantitative estimate of drug-likeness (QED) is 0.654. The predicted octanol–water partition coefficient (Wildman–Crippen LogP) is 1.97. The van der Waals surface area contributed by atoms with Crippen LogP contribution in [0.3, 0.4) is 0 Å². The van der Waals surface area contributed by atoms with Gasteiger partial charge in [0.05, 0.1) is 24.8 Å². The molecule has 0 saturated heterocycles. The average Bonchev–Trinajstić information content (AvgIpc) is 2.23. The fraction of sp³-hybridized carbons (Fsp3) is 0.400. The lowest BCUT2D eigenvalue weighted by molar-refractivity contribution is -0.142. The first-order valence-corrected chi connectivity index (χ1v) is 4.77. The van der Waals surface area contributed by atoms with Crippen LogP contribution in [0, 0.1) is 5.95 Å². The summed E-state index contributed by atoms with van der Waals surface area (Å²) >= 11 is 0. The van der Waals surface area contributed by atoms with Crippen LogP contribution in [0.25, 0.3) is 0 Å². The molecular formula is C10H10F3NO3. The molecule has 0 atom stereocenters. The molecule has 0 unspecified atom stereocenters. The van der Waals surface area contributed by atoms with Crippen LogP contribution in [-0.4, -0.2) is 22.7 Å². The fourth-order valence-corrected chi connectivity index (χ4v) is 1.30. The van der Waals surface area contributed by atoms with E-state index in [1.807, 2.05) is 0 Å². The number of ether oxygens (including phenoxy) is 1. The molecule has 0 aliphatic rings. The van der Waals surface area contributed by atoms with Crippen LogP contribution in [0.1, 0.15) is 24.5 Å². The van der Waals surface area contributed by atoms with E-state index >= 15 is 0 Å². The highest BCUT2D eigenvalue weighted by Gasteiger charge is 2.24. The molecule has 0 fully saturated rings. The zero-order valence-electron chi connectivity index (χ0n) is 8.91. The lowest BCUT2D eigenvalue weighted by Gasteiger charge is -2.10. The molecule has 1 heterocycles. The Morgan fingerprint density at radius 2 is 2.24 bits per heavy atom. The van der Waals surface area contributed by atoms with Crippen LogP contribution in [0.4, 0.5) is 13.2 Å². The molecule has 0 radical (unpaired) electrons. The Balaban J connectivity index is 3.12. The lowest BCUT2D eigenvalue weighted by Crippen LogP contribution is -2.12. The lowest BCUT2D eigenvalue weighted by atomic mass is 10.1. The number of hydrogen-bond donors (Lipinski definition) is 1. The van der Waals surface area contributed by atoms with E-state index in [1.54, 1.807) is 0 Å². The second kappa shape index (κ2) is 5.51. The number of aromatic nitrogens is 1. The van der Waals surface area contributed by atoms with Gasteiger partial charge in [0, 0.05) is 5.56 Å². The number of rotatable bonds is 4. The molecule has 0 saturated carbocycles. The molecule has 94 valence electrons. The Morgan fingerprint density at radius 3 is 2.76 bits per heavy atom. The number of pyridine rings is 1. The number of nitrogens with zero attached hydrogens (tertiary/aromatic N) is 1. The van der Waals surface area contributed by atoms with Gasteiger partial charge in [-0.25, -0.2) is 13.8 Å². The van der Waals surface area contributed by atoms with Crippen molar-refractivity contribution in [1.82, 2.24) is 4.98 Å². The zero-order chi connectivity index (χ0) is 13.0. The summed E-state index contributed by atoms with van der Waals surface area (Å²) in [6, 6.07) is 0. The summed E-state index contributed by atoms with van der Waals surface area (Å²) in [7, 11) is 0. The molecule has 0 aliphatic heterocycles. The van der Waals surface area contributed by atoms with E-state index in [-0.39, 0.29) is 6.61 Å². The molecule has 7 heteroatoms. The third kappa shape index (κ3) is 3.08. The third-order valence-electron chi connectivity index (χ3n) is 1.99. The van der Waals surface area contributed by atoms with Gasteiger partial charge in [0.1, 0.15) is 5.75 Å². The fourth-order valence-electron chi connectivity index (χ4n) is 1.30. The largest absolute Gasteiger partial charge is 0.506 e. The highest BCUT2D eigenvalue weighted by atomic mass is 19.3. The van der Waals surface area contributed by atoms with E-state index in [0.29, 0.717) is 6.20 Å². The summed E-state index contributed by atoms with van der Waals surface area (Å²) in [5, 5.41) is 9.17. The van der Waals surface area contributed by atoms with E-state index in [9.17, 15) is 18.0 Å². The van der Waals surface area contributed by atoms with E-state index in [0.717, 1.165) is 0 Å². The summed E-state index contributed by atoms with van der Waals surface area (Å²) in [5.74, 6) is -2.92. The van der Waals surface area contributed by atoms with E-state index in [1.165, 1.54) is 6.92 Å². The first-order valence-electron chi connectivity index (χ1n) is 4.77. The Morgan fingerprint density at radius 1 is 1.59 bits per heavy atom. The van der Waals surface area contributed by atoms with Crippen LogP contribution < -0.4 is 0 Å². The molecule has 0 spiro atoms. The van der Waals surface area contributed by atoms with Crippen LogP contribution in [0.5, 0.6) is 5.75 Å². The molecule has 1 rings (SSSR count). The summed E-state index contributed by atoms with van der Waals surface area (Å²) in [6.45, 7) is 1.58. The van der Waals surface area contributed by atoms with Crippen molar-refractivity contribution in [2.45, 2.75) is 19.8 Å². The number of esters is 1. The number of aromatic hydroxyl groups is 1. The van der Waals surface area contributed by atoms with Gasteiger partial charge < -0.3 is 9.84 Å². The van der Waals surface area contributed by atoms with Gasteiger partial charge in [-0.2, -0.15) is 4.39 Å². The van der Waals surface area contributed by atoms with Gasteiger partial charge in [-0.15, -0.1) is 0 Å². The first-order chi connectivity index (χ1) is 7.97.